The van der Waals surface area contributed by atoms with E-state index in [-0.39, 0.29) is 23.3 Å². The number of aromatic amines is 1. The normalized spacial score (nSPS) is 10.5. The van der Waals surface area contributed by atoms with Crippen LogP contribution in [0.15, 0.2) is 24.3 Å². The van der Waals surface area contributed by atoms with Crippen LogP contribution >= 0.6 is 0 Å². The molecule has 0 spiro atoms. The number of carbonyl (C=O) groups excluding carboxylic acids is 1. The molecule has 1 amide bonds. The smallest absolute Gasteiger partial charge is 0.387 e. The molecule has 0 unspecified atom stereocenters. The Balaban J connectivity index is 2.05. The summed E-state index contributed by atoms with van der Waals surface area (Å²) in [6, 6.07) is 5.50. The fraction of sp³-hybridized carbons (Fsp3) is 0.250. The Kier molecular flexibility index (Phi) is 4.64. The standard InChI is InChI=1S/C12H12F2N4O3/c1-2-20-12-16-11(17-18-12)15-9(19)7-4-3-5-8(6-7)21-10(13)14/h3-6,10H,2H2,1H3,(H2,15,16,17,18,19). The van der Waals surface area contributed by atoms with Gasteiger partial charge in [0.2, 0.25) is 5.95 Å². The lowest BCUT2D eigenvalue weighted by molar-refractivity contribution is -0.0498. The number of anilines is 1. The average molecular weight is 298 g/mol. The molecule has 0 aliphatic rings. The van der Waals surface area contributed by atoms with Crippen molar-refractivity contribution >= 4 is 11.9 Å². The molecule has 1 aromatic heterocycles. The Morgan fingerprint density at radius 3 is 3.00 bits per heavy atom. The van der Waals surface area contributed by atoms with Crippen molar-refractivity contribution < 1.29 is 23.0 Å². The zero-order valence-electron chi connectivity index (χ0n) is 11.0. The molecular formula is C12H12F2N4O3. The van der Waals surface area contributed by atoms with Gasteiger partial charge in [-0.25, -0.2) is 5.10 Å². The van der Waals surface area contributed by atoms with Gasteiger partial charge in [0.1, 0.15) is 5.75 Å². The molecule has 0 saturated carbocycles. The van der Waals surface area contributed by atoms with Crippen LogP contribution in [0.4, 0.5) is 14.7 Å². The van der Waals surface area contributed by atoms with Crippen LogP contribution in [-0.2, 0) is 0 Å². The van der Waals surface area contributed by atoms with E-state index in [1.54, 1.807) is 6.92 Å². The molecule has 0 radical (unpaired) electrons. The summed E-state index contributed by atoms with van der Waals surface area (Å²) in [5.41, 5.74) is 0.141. The molecule has 0 aliphatic heterocycles. The van der Waals surface area contributed by atoms with Crippen molar-refractivity contribution in [1.29, 1.82) is 0 Å². The van der Waals surface area contributed by atoms with Crippen molar-refractivity contribution in [3.05, 3.63) is 29.8 Å². The van der Waals surface area contributed by atoms with Crippen molar-refractivity contribution in [3.8, 4) is 11.8 Å². The second-order valence-electron chi connectivity index (χ2n) is 3.76. The summed E-state index contributed by atoms with van der Waals surface area (Å²) in [7, 11) is 0. The number of H-pyrrole nitrogens is 1. The summed E-state index contributed by atoms with van der Waals surface area (Å²) in [5.74, 6) is -0.567. The third-order valence-corrected chi connectivity index (χ3v) is 2.29. The number of hydrogen-bond acceptors (Lipinski definition) is 5. The number of aromatic nitrogens is 3. The average Bonchev–Trinajstić information content (AvgIpc) is 2.86. The molecule has 1 aromatic carbocycles. The van der Waals surface area contributed by atoms with Crippen molar-refractivity contribution in [1.82, 2.24) is 15.2 Å². The first kappa shape index (κ1) is 14.7. The maximum atomic E-state index is 12.1. The second kappa shape index (κ2) is 6.64. The maximum Gasteiger partial charge on any atom is 0.387 e. The van der Waals surface area contributed by atoms with E-state index in [9.17, 15) is 13.6 Å². The summed E-state index contributed by atoms with van der Waals surface area (Å²) in [4.78, 5) is 15.8. The number of benzene rings is 1. The minimum absolute atomic E-state index is 0.0867. The lowest BCUT2D eigenvalue weighted by Crippen LogP contribution is -2.13. The number of amides is 1. The zero-order chi connectivity index (χ0) is 15.2. The predicted octanol–water partition coefficient (Wildman–Crippen LogP) is 2.06. The molecular weight excluding hydrogens is 286 g/mol. The third-order valence-electron chi connectivity index (χ3n) is 2.29. The number of ether oxygens (including phenoxy) is 2. The van der Waals surface area contributed by atoms with Gasteiger partial charge in [0.15, 0.2) is 0 Å². The molecule has 0 bridgehead atoms. The fourth-order valence-corrected chi connectivity index (χ4v) is 1.49. The number of hydrogen-bond donors (Lipinski definition) is 2. The van der Waals surface area contributed by atoms with Gasteiger partial charge in [0.25, 0.3) is 5.91 Å². The number of nitrogens with zero attached hydrogens (tertiary/aromatic N) is 2. The van der Waals surface area contributed by atoms with Crippen LogP contribution in [0.5, 0.6) is 11.8 Å². The lowest BCUT2D eigenvalue weighted by atomic mass is 10.2. The molecule has 2 N–H and O–H groups in total. The van der Waals surface area contributed by atoms with Gasteiger partial charge in [-0.05, 0) is 25.1 Å². The first-order valence-electron chi connectivity index (χ1n) is 6.00. The van der Waals surface area contributed by atoms with Gasteiger partial charge in [-0.3, -0.25) is 10.1 Å². The van der Waals surface area contributed by atoms with Crippen LogP contribution in [0, 0.1) is 0 Å². The van der Waals surface area contributed by atoms with Gasteiger partial charge in [-0.15, -0.1) is 5.10 Å². The highest BCUT2D eigenvalue weighted by atomic mass is 19.3. The number of alkyl halides is 2. The highest BCUT2D eigenvalue weighted by Gasteiger charge is 2.12. The highest BCUT2D eigenvalue weighted by Crippen LogP contribution is 2.17. The van der Waals surface area contributed by atoms with Gasteiger partial charge in [-0.2, -0.15) is 13.8 Å². The van der Waals surface area contributed by atoms with Crippen molar-refractivity contribution in [2.24, 2.45) is 0 Å². The Hall–Kier alpha value is -2.71. The third kappa shape index (κ3) is 4.13. The molecule has 2 aromatic rings. The van der Waals surface area contributed by atoms with Crippen LogP contribution in [0.2, 0.25) is 0 Å². The van der Waals surface area contributed by atoms with E-state index in [1.165, 1.54) is 24.3 Å². The summed E-state index contributed by atoms with van der Waals surface area (Å²) >= 11 is 0. The topological polar surface area (TPSA) is 89.1 Å². The van der Waals surface area contributed by atoms with Crippen LogP contribution < -0.4 is 14.8 Å². The lowest BCUT2D eigenvalue weighted by Gasteiger charge is -2.06. The van der Waals surface area contributed by atoms with E-state index in [0.717, 1.165) is 0 Å². The number of halogens is 2. The van der Waals surface area contributed by atoms with Crippen molar-refractivity contribution in [3.63, 3.8) is 0 Å². The van der Waals surface area contributed by atoms with Gasteiger partial charge in [0, 0.05) is 5.56 Å². The Labute approximate surface area is 118 Å². The molecule has 0 saturated heterocycles. The molecule has 0 fully saturated rings. The quantitative estimate of drug-likeness (QED) is 0.852. The van der Waals surface area contributed by atoms with Crippen molar-refractivity contribution in [2.45, 2.75) is 13.5 Å². The maximum absolute atomic E-state index is 12.1. The number of nitrogens with one attached hydrogen (secondary N) is 2. The van der Waals surface area contributed by atoms with Crippen LogP contribution in [0.3, 0.4) is 0 Å². The molecule has 2 rings (SSSR count). The molecule has 9 heteroatoms. The minimum Gasteiger partial charge on any atom is -0.463 e. The Morgan fingerprint density at radius 1 is 1.48 bits per heavy atom. The van der Waals surface area contributed by atoms with E-state index in [2.05, 4.69) is 25.2 Å². The van der Waals surface area contributed by atoms with E-state index in [4.69, 9.17) is 4.74 Å². The van der Waals surface area contributed by atoms with Gasteiger partial charge >= 0.3 is 12.6 Å². The number of carbonyl (C=O) groups is 1. The largest absolute Gasteiger partial charge is 0.463 e. The second-order valence-corrected chi connectivity index (χ2v) is 3.76. The summed E-state index contributed by atoms with van der Waals surface area (Å²) in [5, 5.41) is 8.61. The monoisotopic (exact) mass is 298 g/mol. The Bertz CT molecular complexity index is 618. The van der Waals surface area contributed by atoms with E-state index < -0.39 is 12.5 Å². The van der Waals surface area contributed by atoms with Crippen LogP contribution in [0.1, 0.15) is 17.3 Å². The molecule has 7 nitrogen and oxygen atoms in total. The molecule has 1 heterocycles. The van der Waals surface area contributed by atoms with Gasteiger partial charge < -0.3 is 9.47 Å². The summed E-state index contributed by atoms with van der Waals surface area (Å²) < 4.78 is 33.5. The summed E-state index contributed by atoms with van der Waals surface area (Å²) in [6.07, 6.45) is 0. The SMILES string of the molecule is CCOc1n[nH]c(NC(=O)c2cccc(OC(F)F)c2)n1. The first-order chi connectivity index (χ1) is 10.1. The Morgan fingerprint density at radius 2 is 2.29 bits per heavy atom. The van der Waals surface area contributed by atoms with Gasteiger partial charge in [0.05, 0.1) is 6.61 Å². The first-order valence-corrected chi connectivity index (χ1v) is 6.00. The molecule has 0 aliphatic carbocycles. The van der Waals surface area contributed by atoms with Gasteiger partial charge in [-0.1, -0.05) is 6.07 Å². The molecule has 112 valence electrons. The van der Waals surface area contributed by atoms with Crippen molar-refractivity contribution in [2.75, 3.05) is 11.9 Å². The van der Waals surface area contributed by atoms with E-state index in [1.807, 2.05) is 0 Å². The highest BCUT2D eigenvalue weighted by molar-refractivity contribution is 6.03. The minimum atomic E-state index is -2.95. The summed E-state index contributed by atoms with van der Waals surface area (Å²) in [6.45, 7) is -0.798. The molecule has 21 heavy (non-hydrogen) atoms. The molecule has 0 atom stereocenters. The van der Waals surface area contributed by atoms with E-state index in [0.29, 0.717) is 6.61 Å². The number of rotatable bonds is 6. The zero-order valence-corrected chi connectivity index (χ0v) is 11.0. The van der Waals surface area contributed by atoms with Crippen LogP contribution in [-0.4, -0.2) is 34.3 Å². The van der Waals surface area contributed by atoms with Crippen LogP contribution in [0.25, 0.3) is 0 Å². The fourth-order valence-electron chi connectivity index (χ4n) is 1.49. The predicted molar refractivity (Wildman–Crippen MR) is 68.6 cm³/mol. The van der Waals surface area contributed by atoms with E-state index >= 15 is 0 Å².